The van der Waals surface area contributed by atoms with Crippen LogP contribution in [0.3, 0.4) is 0 Å². The van der Waals surface area contributed by atoms with Crippen molar-refractivity contribution in [1.29, 1.82) is 0 Å². The summed E-state index contributed by atoms with van der Waals surface area (Å²) >= 11 is 0. The highest BCUT2D eigenvalue weighted by Crippen LogP contribution is 2.16. The molecule has 0 aromatic heterocycles. The topological polar surface area (TPSA) is 0 Å². The Morgan fingerprint density at radius 2 is 2.00 bits per heavy atom. The summed E-state index contributed by atoms with van der Waals surface area (Å²) < 4.78 is 0. The third-order valence-electron chi connectivity index (χ3n) is 2.69. The zero-order valence-electron chi connectivity index (χ0n) is 8.98. The Bertz CT molecular complexity index is 163. The number of hydrogen-bond donors (Lipinski definition) is 0. The maximum atomic E-state index is 3.77. The summed E-state index contributed by atoms with van der Waals surface area (Å²) in [5, 5.41) is 0. The van der Waals surface area contributed by atoms with Gasteiger partial charge in [-0.15, -0.1) is 0 Å². The van der Waals surface area contributed by atoms with Crippen LogP contribution in [0.2, 0.25) is 0 Å². The molecule has 0 nitrogen and oxygen atoms in total. The molecule has 0 rings (SSSR count). The van der Waals surface area contributed by atoms with Gasteiger partial charge in [0.1, 0.15) is 0 Å². The lowest BCUT2D eigenvalue weighted by Gasteiger charge is -2.09. The molecule has 0 aromatic carbocycles. The van der Waals surface area contributed by atoms with E-state index >= 15 is 0 Å². The van der Waals surface area contributed by atoms with Gasteiger partial charge >= 0.3 is 0 Å². The van der Waals surface area contributed by atoms with Crippen molar-refractivity contribution in [3.05, 3.63) is 23.8 Å². The van der Waals surface area contributed by atoms with E-state index in [4.69, 9.17) is 0 Å². The molecule has 0 amide bonds. The van der Waals surface area contributed by atoms with Crippen molar-refractivity contribution in [3.8, 4) is 0 Å². The standard InChI is InChI=1S/C12H22/c1-6-10(3)8-9-12(5)11(4)7-2/h7,10H,2,6,8-9H2,1,3-5H3/b12-11+. The maximum absolute atomic E-state index is 3.77. The summed E-state index contributed by atoms with van der Waals surface area (Å²) in [7, 11) is 0. The molecule has 0 saturated carbocycles. The Morgan fingerprint density at radius 1 is 1.42 bits per heavy atom. The lowest BCUT2D eigenvalue weighted by Crippen LogP contribution is -1.93. The third-order valence-corrected chi connectivity index (χ3v) is 2.69. The lowest BCUT2D eigenvalue weighted by molar-refractivity contribution is 0.514. The van der Waals surface area contributed by atoms with Gasteiger partial charge in [0.2, 0.25) is 0 Å². The van der Waals surface area contributed by atoms with E-state index < -0.39 is 0 Å². The molecule has 0 fully saturated rings. The quantitative estimate of drug-likeness (QED) is 0.533. The fourth-order valence-electron chi connectivity index (χ4n) is 1.04. The van der Waals surface area contributed by atoms with Crippen molar-refractivity contribution in [2.45, 2.75) is 47.0 Å². The van der Waals surface area contributed by atoms with E-state index in [1.54, 1.807) is 0 Å². The molecule has 0 aliphatic heterocycles. The second kappa shape index (κ2) is 6.05. The summed E-state index contributed by atoms with van der Waals surface area (Å²) in [5.41, 5.74) is 2.84. The van der Waals surface area contributed by atoms with E-state index in [1.807, 2.05) is 6.08 Å². The van der Waals surface area contributed by atoms with Crippen LogP contribution in [0.15, 0.2) is 23.8 Å². The van der Waals surface area contributed by atoms with E-state index in [0.29, 0.717) is 0 Å². The molecule has 0 aromatic rings. The molecule has 0 heterocycles. The highest BCUT2D eigenvalue weighted by molar-refractivity contribution is 5.20. The van der Waals surface area contributed by atoms with Gasteiger partial charge in [-0.25, -0.2) is 0 Å². The minimum atomic E-state index is 0.859. The first-order chi connectivity index (χ1) is 5.61. The lowest BCUT2D eigenvalue weighted by atomic mass is 9.97. The maximum Gasteiger partial charge on any atom is -0.0315 e. The van der Waals surface area contributed by atoms with Crippen molar-refractivity contribution >= 4 is 0 Å². The number of allylic oxidation sites excluding steroid dienone is 3. The summed E-state index contributed by atoms with van der Waals surface area (Å²) in [4.78, 5) is 0. The van der Waals surface area contributed by atoms with Crippen LogP contribution in [0.25, 0.3) is 0 Å². The molecule has 0 spiro atoms. The van der Waals surface area contributed by atoms with Gasteiger partial charge in [-0.2, -0.15) is 0 Å². The van der Waals surface area contributed by atoms with Crippen LogP contribution >= 0.6 is 0 Å². The molecule has 0 N–H and O–H groups in total. The molecule has 1 unspecified atom stereocenters. The molecule has 0 aliphatic carbocycles. The molecule has 0 saturated heterocycles. The molecule has 70 valence electrons. The average Bonchev–Trinajstić information content (AvgIpc) is 2.11. The Hall–Kier alpha value is -0.520. The van der Waals surface area contributed by atoms with Gasteiger partial charge in [0.25, 0.3) is 0 Å². The van der Waals surface area contributed by atoms with Gasteiger partial charge in [-0.1, -0.05) is 44.1 Å². The minimum absolute atomic E-state index is 0.859. The monoisotopic (exact) mass is 166 g/mol. The van der Waals surface area contributed by atoms with E-state index in [9.17, 15) is 0 Å². The van der Waals surface area contributed by atoms with Crippen LogP contribution in [0.1, 0.15) is 47.0 Å². The van der Waals surface area contributed by atoms with Gasteiger partial charge in [0.05, 0.1) is 0 Å². The first kappa shape index (κ1) is 11.5. The Balaban J connectivity index is 3.85. The fraction of sp³-hybridized carbons (Fsp3) is 0.667. The van der Waals surface area contributed by atoms with Crippen molar-refractivity contribution in [2.75, 3.05) is 0 Å². The SMILES string of the molecule is C=C/C(C)=C(\C)CCC(C)CC. The Morgan fingerprint density at radius 3 is 2.42 bits per heavy atom. The number of hydrogen-bond acceptors (Lipinski definition) is 0. The molecule has 0 radical (unpaired) electrons. The van der Waals surface area contributed by atoms with Crippen LogP contribution in [0, 0.1) is 5.92 Å². The fourth-order valence-corrected chi connectivity index (χ4v) is 1.04. The van der Waals surface area contributed by atoms with Crippen molar-refractivity contribution in [3.63, 3.8) is 0 Å². The molecule has 0 aliphatic rings. The average molecular weight is 166 g/mol. The highest BCUT2D eigenvalue weighted by Gasteiger charge is 1.99. The largest absolute Gasteiger partial charge is 0.0988 e. The second-order valence-electron chi connectivity index (χ2n) is 3.72. The van der Waals surface area contributed by atoms with Crippen molar-refractivity contribution < 1.29 is 0 Å². The Kier molecular flexibility index (Phi) is 5.79. The van der Waals surface area contributed by atoms with Gasteiger partial charge in [0, 0.05) is 0 Å². The van der Waals surface area contributed by atoms with E-state index in [0.717, 1.165) is 5.92 Å². The normalized spacial score (nSPS) is 15.3. The molecular weight excluding hydrogens is 144 g/mol. The zero-order valence-corrected chi connectivity index (χ0v) is 8.98. The van der Waals surface area contributed by atoms with Crippen LogP contribution in [-0.4, -0.2) is 0 Å². The summed E-state index contributed by atoms with van der Waals surface area (Å²) in [5.74, 6) is 0.859. The molecule has 12 heavy (non-hydrogen) atoms. The van der Waals surface area contributed by atoms with Crippen LogP contribution in [0.4, 0.5) is 0 Å². The van der Waals surface area contributed by atoms with E-state index in [1.165, 1.54) is 30.4 Å². The van der Waals surface area contributed by atoms with Crippen LogP contribution in [0.5, 0.6) is 0 Å². The molecule has 0 bridgehead atoms. The summed E-state index contributed by atoms with van der Waals surface area (Å²) in [6.07, 6.45) is 5.78. The molecular formula is C12H22. The molecule has 1 atom stereocenters. The van der Waals surface area contributed by atoms with Gasteiger partial charge in [0.15, 0.2) is 0 Å². The number of rotatable bonds is 5. The summed E-state index contributed by atoms with van der Waals surface area (Å²) in [6, 6.07) is 0. The van der Waals surface area contributed by atoms with Crippen molar-refractivity contribution in [2.24, 2.45) is 5.92 Å². The third kappa shape index (κ3) is 4.38. The van der Waals surface area contributed by atoms with Crippen molar-refractivity contribution in [1.82, 2.24) is 0 Å². The van der Waals surface area contributed by atoms with Gasteiger partial charge in [-0.05, 0) is 32.6 Å². The predicted octanol–water partition coefficient (Wildman–Crippen LogP) is 4.34. The van der Waals surface area contributed by atoms with Crippen LogP contribution < -0.4 is 0 Å². The zero-order chi connectivity index (χ0) is 9.56. The predicted molar refractivity (Wildman–Crippen MR) is 57.3 cm³/mol. The van der Waals surface area contributed by atoms with E-state index in [-0.39, 0.29) is 0 Å². The second-order valence-corrected chi connectivity index (χ2v) is 3.72. The van der Waals surface area contributed by atoms with Crippen LogP contribution in [-0.2, 0) is 0 Å². The van der Waals surface area contributed by atoms with E-state index in [2.05, 4.69) is 34.3 Å². The smallest absolute Gasteiger partial charge is 0.0315 e. The van der Waals surface area contributed by atoms with Gasteiger partial charge < -0.3 is 0 Å². The molecule has 0 heteroatoms. The minimum Gasteiger partial charge on any atom is -0.0988 e. The first-order valence-electron chi connectivity index (χ1n) is 4.90. The first-order valence-corrected chi connectivity index (χ1v) is 4.90. The van der Waals surface area contributed by atoms with Gasteiger partial charge in [-0.3, -0.25) is 0 Å². The summed E-state index contributed by atoms with van der Waals surface area (Å²) in [6.45, 7) is 12.7. The highest BCUT2D eigenvalue weighted by atomic mass is 14.1. The Labute approximate surface area is 77.4 Å².